The molecule has 6 nitrogen and oxygen atoms in total. The maximum atomic E-state index is 14.6. The maximum Gasteiger partial charge on any atom is 0.416 e. The highest BCUT2D eigenvalue weighted by Gasteiger charge is 2.43. The topological polar surface area (TPSA) is 57.7 Å². The molecule has 0 bridgehead atoms. The first-order valence-electron chi connectivity index (χ1n) is 17.6. The van der Waals surface area contributed by atoms with Crippen LogP contribution in [0.2, 0.25) is 5.02 Å². The van der Waals surface area contributed by atoms with E-state index in [1.165, 1.54) is 55.0 Å². The number of pyridine rings is 1. The van der Waals surface area contributed by atoms with E-state index in [0.29, 0.717) is 19.1 Å². The van der Waals surface area contributed by atoms with Gasteiger partial charge in [-0.25, -0.2) is 4.98 Å². The first-order chi connectivity index (χ1) is 24.7. The maximum absolute atomic E-state index is 14.6. The molecular formula is C39H41ClF6N4O2. The van der Waals surface area contributed by atoms with Gasteiger partial charge in [0.2, 0.25) is 0 Å². The molecule has 1 atom stereocenters. The summed E-state index contributed by atoms with van der Waals surface area (Å²) in [6, 6.07) is 12.5. The highest BCUT2D eigenvalue weighted by molar-refractivity contribution is 6.33. The molecule has 4 aromatic rings. The number of amides is 1. The quantitative estimate of drug-likeness (QED) is 0.173. The predicted molar refractivity (Wildman–Crippen MR) is 189 cm³/mol. The molecule has 3 aromatic carbocycles. The number of likely N-dealkylation sites (tertiary alicyclic amines) is 2. The number of hydrogen-bond acceptors (Lipinski definition) is 5. The van der Waals surface area contributed by atoms with Crippen LogP contribution in [0.15, 0.2) is 66.7 Å². The SMILES string of the molecule is CC(C)Oc1cc2nc(-c3cccc(C(F)(F)F)c3)c(CN3CCC(N4CCCCC4)CC3)c(C(=O)N[C@H](c3ccccc3)C(F)(F)F)c2cc1Cl. The van der Waals surface area contributed by atoms with Gasteiger partial charge in [-0.15, -0.1) is 0 Å². The molecule has 278 valence electrons. The normalized spacial score (nSPS) is 17.4. The third-order valence-electron chi connectivity index (χ3n) is 9.77. The van der Waals surface area contributed by atoms with Gasteiger partial charge in [-0.05, 0) is 89.5 Å². The van der Waals surface area contributed by atoms with Crippen molar-refractivity contribution in [1.82, 2.24) is 20.1 Å². The first-order valence-corrected chi connectivity index (χ1v) is 18.0. The lowest BCUT2D eigenvalue weighted by molar-refractivity contribution is -0.155. The van der Waals surface area contributed by atoms with Crippen LogP contribution in [0.25, 0.3) is 22.2 Å². The number of halogens is 7. The molecule has 2 aliphatic heterocycles. The molecule has 6 rings (SSSR count). The summed E-state index contributed by atoms with van der Waals surface area (Å²) in [6.07, 6.45) is -4.66. The Morgan fingerprint density at radius 3 is 2.25 bits per heavy atom. The number of benzene rings is 3. The van der Waals surface area contributed by atoms with Gasteiger partial charge in [0.15, 0.2) is 6.04 Å². The molecule has 1 N–H and O–H groups in total. The van der Waals surface area contributed by atoms with Crippen molar-refractivity contribution in [3.8, 4) is 17.0 Å². The summed E-state index contributed by atoms with van der Waals surface area (Å²) in [5.41, 5.74) is -0.765. The van der Waals surface area contributed by atoms with Crippen molar-refractivity contribution in [3.05, 3.63) is 94.0 Å². The van der Waals surface area contributed by atoms with Crippen molar-refractivity contribution in [2.45, 2.75) is 83.0 Å². The van der Waals surface area contributed by atoms with Gasteiger partial charge in [-0.3, -0.25) is 9.69 Å². The van der Waals surface area contributed by atoms with E-state index < -0.39 is 29.9 Å². The van der Waals surface area contributed by atoms with Crippen LogP contribution in [0.5, 0.6) is 5.75 Å². The summed E-state index contributed by atoms with van der Waals surface area (Å²) < 4.78 is 91.7. The highest BCUT2D eigenvalue weighted by Crippen LogP contribution is 2.40. The highest BCUT2D eigenvalue weighted by atomic mass is 35.5. The third kappa shape index (κ3) is 8.66. The molecule has 0 unspecified atom stereocenters. The smallest absolute Gasteiger partial charge is 0.416 e. The Morgan fingerprint density at radius 2 is 1.62 bits per heavy atom. The van der Waals surface area contributed by atoms with Crippen molar-refractivity contribution in [2.24, 2.45) is 0 Å². The Bertz CT molecular complexity index is 1870. The lowest BCUT2D eigenvalue weighted by Gasteiger charge is -2.40. The average Bonchev–Trinajstić information content (AvgIpc) is 3.11. The summed E-state index contributed by atoms with van der Waals surface area (Å²) in [4.78, 5) is 23.9. The fourth-order valence-corrected chi connectivity index (χ4v) is 7.50. The molecule has 2 fully saturated rings. The van der Waals surface area contributed by atoms with Gasteiger partial charge in [-0.1, -0.05) is 60.5 Å². The Labute approximate surface area is 304 Å². The van der Waals surface area contributed by atoms with Crippen LogP contribution < -0.4 is 10.1 Å². The average molecular weight is 747 g/mol. The summed E-state index contributed by atoms with van der Waals surface area (Å²) in [7, 11) is 0. The van der Waals surface area contributed by atoms with Crippen LogP contribution in [0, 0.1) is 0 Å². The van der Waals surface area contributed by atoms with Crippen molar-refractivity contribution in [3.63, 3.8) is 0 Å². The van der Waals surface area contributed by atoms with Crippen LogP contribution in [0.1, 0.15) is 79.0 Å². The summed E-state index contributed by atoms with van der Waals surface area (Å²) >= 11 is 6.66. The molecule has 0 radical (unpaired) electrons. The summed E-state index contributed by atoms with van der Waals surface area (Å²) in [5.74, 6) is -0.846. The minimum atomic E-state index is -4.86. The van der Waals surface area contributed by atoms with E-state index in [9.17, 15) is 31.1 Å². The molecule has 1 aromatic heterocycles. The van der Waals surface area contributed by atoms with Crippen LogP contribution in [-0.4, -0.2) is 65.2 Å². The van der Waals surface area contributed by atoms with Gasteiger partial charge in [-0.2, -0.15) is 26.3 Å². The van der Waals surface area contributed by atoms with Gasteiger partial charge in [0, 0.05) is 35.2 Å². The zero-order valence-corrected chi connectivity index (χ0v) is 29.7. The molecular weight excluding hydrogens is 706 g/mol. The van der Waals surface area contributed by atoms with E-state index in [2.05, 4.69) is 15.1 Å². The molecule has 0 aliphatic carbocycles. The van der Waals surface area contributed by atoms with Crippen LogP contribution in [0.3, 0.4) is 0 Å². The predicted octanol–water partition coefficient (Wildman–Crippen LogP) is 9.84. The number of nitrogens with one attached hydrogen (secondary N) is 1. The molecule has 2 saturated heterocycles. The van der Waals surface area contributed by atoms with Gasteiger partial charge in [0.1, 0.15) is 5.75 Å². The van der Waals surface area contributed by atoms with E-state index >= 15 is 0 Å². The van der Waals surface area contributed by atoms with E-state index in [0.717, 1.165) is 50.9 Å². The molecule has 52 heavy (non-hydrogen) atoms. The fourth-order valence-electron chi connectivity index (χ4n) is 7.30. The number of hydrogen-bond donors (Lipinski definition) is 1. The Kier molecular flexibility index (Phi) is 11.4. The second-order valence-electron chi connectivity index (χ2n) is 13.8. The van der Waals surface area contributed by atoms with Crippen molar-refractivity contribution in [2.75, 3.05) is 26.2 Å². The Balaban J connectivity index is 1.52. The standard InChI is InChI=1S/C39H41ClF6N4O2/c1-24(2)52-33-22-32-29(21-31(33)40)34(37(51)48-36(39(44,45)46)25-10-5-3-6-11-25)30(35(47-32)26-12-9-13-27(20-26)38(41,42)43)23-49-18-14-28(15-19-49)50-16-7-4-8-17-50/h3,5-6,9-13,20-22,24,28,36H,4,7-8,14-19,23H2,1-2H3,(H,48,51)/t36-/m1/s1. The number of rotatable bonds is 9. The van der Waals surface area contributed by atoms with Gasteiger partial charge in [0.25, 0.3) is 5.91 Å². The minimum Gasteiger partial charge on any atom is -0.489 e. The van der Waals surface area contributed by atoms with Crippen LogP contribution in [0.4, 0.5) is 26.3 Å². The monoisotopic (exact) mass is 746 g/mol. The summed E-state index contributed by atoms with van der Waals surface area (Å²) in [6.45, 7) is 6.94. The molecule has 13 heteroatoms. The summed E-state index contributed by atoms with van der Waals surface area (Å²) in [5, 5.41) is 2.48. The molecule has 1 amide bonds. The van der Waals surface area contributed by atoms with E-state index in [1.54, 1.807) is 19.9 Å². The number of fused-ring (bicyclic) bond motifs is 1. The third-order valence-corrected chi connectivity index (χ3v) is 10.1. The molecule has 0 spiro atoms. The van der Waals surface area contributed by atoms with Crippen molar-refractivity contribution in [1.29, 1.82) is 0 Å². The number of aromatic nitrogens is 1. The zero-order chi connectivity index (χ0) is 37.2. The van der Waals surface area contributed by atoms with Gasteiger partial charge >= 0.3 is 12.4 Å². The number of carbonyl (C=O) groups is 1. The van der Waals surface area contributed by atoms with Crippen LogP contribution in [-0.2, 0) is 12.7 Å². The molecule has 0 saturated carbocycles. The number of carbonyl (C=O) groups excluding carboxylic acids is 1. The van der Waals surface area contributed by atoms with Crippen molar-refractivity contribution < 1.29 is 35.9 Å². The largest absolute Gasteiger partial charge is 0.489 e. The van der Waals surface area contributed by atoms with Gasteiger partial charge < -0.3 is 15.0 Å². The van der Waals surface area contributed by atoms with E-state index in [1.807, 2.05) is 0 Å². The number of ether oxygens (including phenoxy) is 1. The van der Waals surface area contributed by atoms with Gasteiger partial charge in [0.05, 0.1) is 33.5 Å². The van der Waals surface area contributed by atoms with E-state index in [-0.39, 0.29) is 62.3 Å². The van der Waals surface area contributed by atoms with E-state index in [4.69, 9.17) is 21.3 Å². The zero-order valence-electron chi connectivity index (χ0n) is 29.0. The molecule has 2 aliphatic rings. The number of alkyl halides is 6. The number of piperidine rings is 2. The Hall–Kier alpha value is -3.87. The van der Waals surface area contributed by atoms with Crippen molar-refractivity contribution >= 4 is 28.4 Å². The lowest BCUT2D eigenvalue weighted by Crippen LogP contribution is -2.46. The van der Waals surface area contributed by atoms with Crippen LogP contribution >= 0.6 is 11.6 Å². The molecule has 3 heterocycles. The minimum absolute atomic E-state index is 0.0583. The fraction of sp³-hybridized carbons (Fsp3) is 0.436. The second kappa shape index (κ2) is 15.6. The number of nitrogens with zero attached hydrogens (tertiary/aromatic N) is 3. The first kappa shape index (κ1) is 37.9. The Morgan fingerprint density at radius 1 is 0.923 bits per heavy atom. The lowest BCUT2D eigenvalue weighted by atomic mass is 9.93. The second-order valence-corrected chi connectivity index (χ2v) is 14.2.